The normalized spacial score (nSPS) is 18.9. The first-order valence-corrected chi connectivity index (χ1v) is 9.94. The minimum atomic E-state index is -0.633. The lowest BCUT2D eigenvalue weighted by molar-refractivity contribution is 0.00578. The number of rotatable bonds is 4. The highest BCUT2D eigenvalue weighted by molar-refractivity contribution is 6.56. The van der Waals surface area contributed by atoms with E-state index in [2.05, 4.69) is 5.32 Å². The highest BCUT2D eigenvalue weighted by Gasteiger charge is 2.52. The summed E-state index contributed by atoms with van der Waals surface area (Å²) in [6, 6.07) is 5.23. The molecular formula is C20H28BCl2NO4. The van der Waals surface area contributed by atoms with Crippen LogP contribution < -0.4 is 5.32 Å². The summed E-state index contributed by atoms with van der Waals surface area (Å²) in [5.41, 5.74) is -0.132. The van der Waals surface area contributed by atoms with Gasteiger partial charge in [0.15, 0.2) is 0 Å². The van der Waals surface area contributed by atoms with E-state index in [1.165, 1.54) is 0 Å². The van der Waals surface area contributed by atoms with E-state index in [4.69, 9.17) is 37.2 Å². The number of hydrogen-bond donors (Lipinski definition) is 1. The Hall–Kier alpha value is -1.21. The minimum absolute atomic E-state index is 0.185. The van der Waals surface area contributed by atoms with E-state index in [1.54, 1.807) is 12.1 Å². The van der Waals surface area contributed by atoms with Crippen molar-refractivity contribution in [1.82, 2.24) is 5.32 Å². The molecule has 1 aliphatic heterocycles. The van der Waals surface area contributed by atoms with Gasteiger partial charge in [-0.1, -0.05) is 35.3 Å². The van der Waals surface area contributed by atoms with Gasteiger partial charge >= 0.3 is 13.2 Å². The summed E-state index contributed by atoms with van der Waals surface area (Å²) >= 11 is 12.3. The third kappa shape index (κ3) is 5.90. The molecule has 0 aromatic heterocycles. The average Bonchev–Trinajstić information content (AvgIpc) is 2.71. The Morgan fingerprint density at radius 1 is 1.18 bits per heavy atom. The summed E-state index contributed by atoms with van der Waals surface area (Å²) in [5, 5.41) is 3.81. The first-order chi connectivity index (χ1) is 12.7. The van der Waals surface area contributed by atoms with Crippen molar-refractivity contribution in [1.29, 1.82) is 0 Å². The van der Waals surface area contributed by atoms with Crippen molar-refractivity contribution >= 4 is 42.5 Å². The van der Waals surface area contributed by atoms with E-state index >= 15 is 0 Å². The maximum atomic E-state index is 12.1. The van der Waals surface area contributed by atoms with Crippen molar-refractivity contribution in [2.24, 2.45) is 0 Å². The number of halogens is 2. The Balaban J connectivity index is 2.28. The zero-order valence-electron chi connectivity index (χ0n) is 17.5. The molecule has 0 aliphatic carbocycles. The van der Waals surface area contributed by atoms with Gasteiger partial charge in [0.05, 0.1) is 11.2 Å². The fourth-order valence-electron chi connectivity index (χ4n) is 2.50. The molecule has 1 aliphatic rings. The van der Waals surface area contributed by atoms with Gasteiger partial charge in [0.2, 0.25) is 0 Å². The summed E-state index contributed by atoms with van der Waals surface area (Å²) < 4.78 is 17.6. The second kappa shape index (κ2) is 8.27. The zero-order valence-corrected chi connectivity index (χ0v) is 19.0. The molecule has 1 saturated heterocycles. The molecule has 8 heteroatoms. The summed E-state index contributed by atoms with van der Waals surface area (Å²) in [6.07, 6.45) is 1.33. The van der Waals surface area contributed by atoms with Crippen LogP contribution in [0.2, 0.25) is 10.0 Å². The van der Waals surface area contributed by atoms with Crippen molar-refractivity contribution in [2.75, 3.05) is 6.54 Å². The second-order valence-corrected chi connectivity index (χ2v) is 9.67. The molecule has 1 fully saturated rings. The predicted octanol–water partition coefficient (Wildman–Crippen LogP) is 5.53. The van der Waals surface area contributed by atoms with Crippen LogP contribution in [0, 0.1) is 0 Å². The fraction of sp³-hybridized carbons (Fsp3) is 0.550. The van der Waals surface area contributed by atoms with E-state index in [1.807, 2.05) is 60.6 Å². The standard InChI is InChI=1S/C20H28BCl2NO4/c1-18(2,3)26-17(25)24-12-14(10-13-8-9-15(22)11-16(13)23)21-27-19(4,5)20(6,7)28-21/h8-11H,12H2,1-7H3,(H,24,25). The number of hydrogen-bond acceptors (Lipinski definition) is 4. The molecule has 28 heavy (non-hydrogen) atoms. The van der Waals surface area contributed by atoms with Crippen molar-refractivity contribution in [3.8, 4) is 0 Å². The first-order valence-electron chi connectivity index (χ1n) is 9.18. The van der Waals surface area contributed by atoms with Crippen molar-refractivity contribution in [2.45, 2.75) is 65.3 Å². The van der Waals surface area contributed by atoms with Crippen LogP contribution in [-0.2, 0) is 14.0 Å². The maximum Gasteiger partial charge on any atom is 0.492 e. The lowest BCUT2D eigenvalue weighted by atomic mass is 9.77. The van der Waals surface area contributed by atoms with Crippen molar-refractivity contribution in [3.05, 3.63) is 39.3 Å². The van der Waals surface area contributed by atoms with Crippen LogP contribution in [0.1, 0.15) is 54.0 Å². The molecule has 1 aromatic rings. The van der Waals surface area contributed by atoms with Crippen molar-refractivity contribution < 1.29 is 18.8 Å². The maximum absolute atomic E-state index is 12.1. The van der Waals surface area contributed by atoms with Crippen molar-refractivity contribution in [3.63, 3.8) is 0 Å². The Bertz CT molecular complexity index is 756. The van der Waals surface area contributed by atoms with Crippen LogP contribution in [0.4, 0.5) is 4.79 Å². The van der Waals surface area contributed by atoms with Crippen LogP contribution in [0.3, 0.4) is 0 Å². The van der Waals surface area contributed by atoms with Gasteiger partial charge in [0.25, 0.3) is 0 Å². The van der Waals surface area contributed by atoms with E-state index in [0.29, 0.717) is 15.5 Å². The van der Waals surface area contributed by atoms with E-state index < -0.39 is 30.0 Å². The van der Waals surface area contributed by atoms with Crippen LogP contribution in [0.25, 0.3) is 6.08 Å². The van der Waals surface area contributed by atoms with Gasteiger partial charge in [-0.05, 0) is 71.6 Å². The quantitative estimate of drug-likeness (QED) is 0.641. The number of carbonyl (C=O) groups excluding carboxylic acids is 1. The molecule has 1 heterocycles. The molecule has 0 atom stereocenters. The molecule has 2 rings (SSSR count). The van der Waals surface area contributed by atoms with Gasteiger partial charge in [-0.25, -0.2) is 4.79 Å². The Morgan fingerprint density at radius 2 is 1.75 bits per heavy atom. The number of nitrogens with one attached hydrogen (secondary N) is 1. The van der Waals surface area contributed by atoms with Crippen LogP contribution in [0.15, 0.2) is 23.7 Å². The predicted molar refractivity (Wildman–Crippen MR) is 115 cm³/mol. The summed E-state index contributed by atoms with van der Waals surface area (Å²) in [7, 11) is -0.633. The monoisotopic (exact) mass is 427 g/mol. The van der Waals surface area contributed by atoms with Crippen LogP contribution in [-0.4, -0.2) is 36.6 Å². The molecule has 0 radical (unpaired) electrons. The zero-order chi connectivity index (χ0) is 21.3. The fourth-order valence-corrected chi connectivity index (χ4v) is 2.97. The number of ether oxygens (including phenoxy) is 1. The number of carbonyl (C=O) groups is 1. The SMILES string of the molecule is CC(C)(C)OC(=O)NCC(=Cc1ccc(Cl)cc1Cl)B1OC(C)(C)C(C)(C)O1. The molecule has 0 unspecified atom stereocenters. The molecule has 1 N–H and O–H groups in total. The Kier molecular flexibility index (Phi) is 6.81. The highest BCUT2D eigenvalue weighted by Crippen LogP contribution is 2.39. The molecule has 0 spiro atoms. The Labute approximate surface area is 177 Å². The lowest BCUT2D eigenvalue weighted by Gasteiger charge is -2.32. The Morgan fingerprint density at radius 3 is 2.25 bits per heavy atom. The molecular weight excluding hydrogens is 400 g/mol. The molecule has 154 valence electrons. The van der Waals surface area contributed by atoms with E-state index in [0.717, 1.165) is 5.56 Å². The van der Waals surface area contributed by atoms with Gasteiger partial charge in [0.1, 0.15) is 5.60 Å². The molecule has 0 saturated carbocycles. The molecule has 5 nitrogen and oxygen atoms in total. The topological polar surface area (TPSA) is 56.8 Å². The van der Waals surface area contributed by atoms with Gasteiger partial charge in [-0.15, -0.1) is 0 Å². The lowest BCUT2D eigenvalue weighted by Crippen LogP contribution is -2.41. The van der Waals surface area contributed by atoms with Crippen LogP contribution in [0.5, 0.6) is 0 Å². The number of amides is 1. The molecule has 1 amide bonds. The van der Waals surface area contributed by atoms with E-state index in [9.17, 15) is 4.79 Å². The summed E-state index contributed by atoms with van der Waals surface area (Å²) in [4.78, 5) is 12.1. The van der Waals surface area contributed by atoms with Crippen LogP contribution >= 0.6 is 23.2 Å². The summed E-state index contributed by atoms with van der Waals surface area (Å²) in [6.45, 7) is 13.5. The second-order valence-electron chi connectivity index (χ2n) is 8.83. The minimum Gasteiger partial charge on any atom is -0.444 e. The van der Waals surface area contributed by atoms with Gasteiger partial charge < -0.3 is 19.4 Å². The highest BCUT2D eigenvalue weighted by atomic mass is 35.5. The smallest absolute Gasteiger partial charge is 0.444 e. The van der Waals surface area contributed by atoms with Gasteiger partial charge in [0, 0.05) is 16.6 Å². The third-order valence-corrected chi connectivity index (χ3v) is 5.26. The van der Waals surface area contributed by atoms with Gasteiger partial charge in [-0.3, -0.25) is 0 Å². The first kappa shape index (κ1) is 23.1. The number of alkyl carbamates (subject to hydrolysis) is 1. The number of benzene rings is 1. The van der Waals surface area contributed by atoms with Gasteiger partial charge in [-0.2, -0.15) is 0 Å². The largest absolute Gasteiger partial charge is 0.492 e. The molecule has 0 bridgehead atoms. The average molecular weight is 428 g/mol. The summed E-state index contributed by atoms with van der Waals surface area (Å²) in [5.74, 6) is 0. The van der Waals surface area contributed by atoms with E-state index in [-0.39, 0.29) is 6.54 Å². The molecule has 1 aromatic carbocycles. The third-order valence-electron chi connectivity index (χ3n) is 4.70.